The SMILES string of the molecule is CC(C)(O)C(=O)N1CC(F)(F)[C@H](NS(C)(=O)=O)[C@@H]1Cc1cccc(-c2cccc(F)c2F)c1F. The summed E-state index contributed by atoms with van der Waals surface area (Å²) >= 11 is 0. The van der Waals surface area contributed by atoms with Crippen molar-refractivity contribution in [3.05, 3.63) is 59.4 Å². The molecule has 3 rings (SSSR count). The maximum atomic E-state index is 15.4. The molecule has 0 aliphatic carbocycles. The molecule has 0 spiro atoms. The molecule has 2 N–H and O–H groups in total. The molecule has 1 saturated heterocycles. The highest BCUT2D eigenvalue weighted by Crippen LogP contribution is 2.37. The van der Waals surface area contributed by atoms with Gasteiger partial charge in [0.05, 0.1) is 18.8 Å². The molecule has 186 valence electrons. The Labute approximate surface area is 193 Å². The number of halogens is 5. The van der Waals surface area contributed by atoms with Crippen molar-refractivity contribution < 1.29 is 40.3 Å². The fourth-order valence-electron chi connectivity index (χ4n) is 3.98. The maximum Gasteiger partial charge on any atom is 0.283 e. The van der Waals surface area contributed by atoms with E-state index in [2.05, 4.69) is 0 Å². The number of carbonyl (C=O) groups is 1. The predicted octanol–water partition coefficient (Wildman–Crippen LogP) is 2.85. The zero-order valence-electron chi connectivity index (χ0n) is 18.5. The van der Waals surface area contributed by atoms with Crippen LogP contribution in [-0.2, 0) is 21.2 Å². The van der Waals surface area contributed by atoms with E-state index < -0.39 is 75.5 Å². The summed E-state index contributed by atoms with van der Waals surface area (Å²) in [5.41, 5.74) is -3.05. The molecule has 6 nitrogen and oxygen atoms in total. The van der Waals surface area contributed by atoms with E-state index in [1.165, 1.54) is 24.3 Å². The average molecular weight is 506 g/mol. The van der Waals surface area contributed by atoms with Gasteiger partial charge < -0.3 is 10.0 Å². The molecule has 1 amide bonds. The summed E-state index contributed by atoms with van der Waals surface area (Å²) in [6.45, 7) is 0.944. The first-order valence-corrected chi connectivity index (χ1v) is 12.0. The number of benzene rings is 2. The van der Waals surface area contributed by atoms with Gasteiger partial charge in [0.15, 0.2) is 11.6 Å². The molecule has 2 aromatic carbocycles. The minimum atomic E-state index is -4.18. The molecule has 0 aromatic heterocycles. The average Bonchev–Trinajstić information content (AvgIpc) is 2.93. The molecule has 0 radical (unpaired) electrons. The van der Waals surface area contributed by atoms with Gasteiger partial charge in [-0.05, 0) is 31.9 Å². The van der Waals surface area contributed by atoms with Crippen LogP contribution in [-0.4, -0.2) is 60.7 Å². The van der Waals surface area contributed by atoms with E-state index in [1.807, 2.05) is 4.72 Å². The number of sulfonamides is 1. The van der Waals surface area contributed by atoms with Crippen LogP contribution in [0.3, 0.4) is 0 Å². The minimum Gasteiger partial charge on any atom is -0.381 e. The first kappa shape index (κ1) is 26.0. The Hall–Kier alpha value is -2.57. The zero-order chi connectivity index (χ0) is 25.6. The molecule has 0 unspecified atom stereocenters. The van der Waals surface area contributed by atoms with Crippen molar-refractivity contribution in [2.24, 2.45) is 0 Å². The van der Waals surface area contributed by atoms with Crippen molar-refractivity contribution in [3.63, 3.8) is 0 Å². The second-order valence-corrected chi connectivity index (χ2v) is 10.6. The number of amides is 1. The standard InChI is InChI=1S/C22H23F5N2O4S/c1-21(2,31)20(30)29-11-22(26,27)19(28-34(3,32)33)16(29)10-12-6-4-7-13(17(12)24)14-8-5-9-15(23)18(14)25/h4-9,16,19,28,31H,10-11H2,1-3H3/t16-,19+/m0/s1. The summed E-state index contributed by atoms with van der Waals surface area (Å²) in [6, 6.07) is 3.13. The molecular weight excluding hydrogens is 483 g/mol. The minimum absolute atomic E-state index is 0.238. The van der Waals surface area contributed by atoms with E-state index >= 15 is 4.39 Å². The monoisotopic (exact) mass is 506 g/mol. The number of rotatable bonds is 6. The summed E-state index contributed by atoms with van der Waals surface area (Å²) in [4.78, 5) is 13.3. The Morgan fingerprint density at radius 3 is 2.24 bits per heavy atom. The predicted molar refractivity (Wildman–Crippen MR) is 114 cm³/mol. The highest BCUT2D eigenvalue weighted by Gasteiger charge is 2.58. The van der Waals surface area contributed by atoms with Crippen LogP contribution in [0.4, 0.5) is 22.0 Å². The Morgan fingerprint density at radius 1 is 1.12 bits per heavy atom. The second kappa shape index (κ2) is 8.90. The number of aliphatic hydroxyl groups is 1. The van der Waals surface area contributed by atoms with Crippen molar-refractivity contribution in [3.8, 4) is 11.1 Å². The Bertz CT molecular complexity index is 1210. The number of nitrogens with zero attached hydrogens (tertiary/aromatic N) is 1. The largest absolute Gasteiger partial charge is 0.381 e. The fourth-order valence-corrected chi connectivity index (χ4v) is 4.77. The lowest BCUT2D eigenvalue weighted by Crippen LogP contribution is -2.54. The first-order valence-electron chi connectivity index (χ1n) is 10.1. The topological polar surface area (TPSA) is 86.7 Å². The van der Waals surface area contributed by atoms with Crippen molar-refractivity contribution in [2.75, 3.05) is 12.8 Å². The first-order chi connectivity index (χ1) is 15.5. The number of hydrogen-bond acceptors (Lipinski definition) is 4. The van der Waals surface area contributed by atoms with Crippen molar-refractivity contribution in [1.82, 2.24) is 9.62 Å². The number of likely N-dealkylation sites (tertiary alicyclic amines) is 1. The van der Waals surface area contributed by atoms with E-state index in [1.54, 1.807) is 0 Å². The smallest absolute Gasteiger partial charge is 0.283 e. The van der Waals surface area contributed by atoms with Gasteiger partial charge in [0.25, 0.3) is 11.8 Å². The molecule has 0 saturated carbocycles. The molecule has 2 atom stereocenters. The third-order valence-corrected chi connectivity index (χ3v) is 6.18. The van der Waals surface area contributed by atoms with Crippen LogP contribution in [0.15, 0.2) is 36.4 Å². The molecule has 2 aromatic rings. The summed E-state index contributed by atoms with van der Waals surface area (Å²) in [5.74, 6) is -8.41. The van der Waals surface area contributed by atoms with Crippen LogP contribution in [0.1, 0.15) is 19.4 Å². The number of alkyl halides is 2. The van der Waals surface area contributed by atoms with Gasteiger partial charge in [-0.25, -0.2) is 35.1 Å². The summed E-state index contributed by atoms with van der Waals surface area (Å²) in [7, 11) is -4.18. The van der Waals surface area contributed by atoms with Gasteiger partial charge in [-0.3, -0.25) is 4.79 Å². The number of carbonyl (C=O) groups excluding carboxylic acids is 1. The van der Waals surface area contributed by atoms with Gasteiger partial charge >= 0.3 is 0 Å². The van der Waals surface area contributed by atoms with E-state index in [4.69, 9.17) is 0 Å². The van der Waals surface area contributed by atoms with E-state index in [0.29, 0.717) is 11.2 Å². The zero-order valence-corrected chi connectivity index (χ0v) is 19.3. The van der Waals surface area contributed by atoms with Crippen molar-refractivity contribution >= 4 is 15.9 Å². The Morgan fingerprint density at radius 2 is 1.68 bits per heavy atom. The third-order valence-electron chi connectivity index (χ3n) is 5.50. The molecule has 0 bridgehead atoms. The maximum absolute atomic E-state index is 15.4. The molecule has 1 aliphatic rings. The van der Waals surface area contributed by atoms with Crippen LogP contribution >= 0.6 is 0 Å². The van der Waals surface area contributed by atoms with E-state index in [0.717, 1.165) is 26.0 Å². The lowest BCUT2D eigenvalue weighted by atomic mass is 9.94. The lowest BCUT2D eigenvalue weighted by molar-refractivity contribution is -0.149. The van der Waals surface area contributed by atoms with E-state index in [9.17, 15) is 35.9 Å². The summed E-state index contributed by atoms with van der Waals surface area (Å²) in [5, 5.41) is 10.1. The van der Waals surface area contributed by atoms with Gasteiger partial charge in [-0.2, -0.15) is 0 Å². The summed E-state index contributed by atoms with van der Waals surface area (Å²) < 4.78 is 98.3. The fraction of sp³-hybridized carbons (Fsp3) is 0.409. The quantitative estimate of drug-likeness (QED) is 0.590. The van der Waals surface area contributed by atoms with Crippen molar-refractivity contribution in [2.45, 2.75) is 43.9 Å². The molecule has 34 heavy (non-hydrogen) atoms. The van der Waals surface area contributed by atoms with Crippen LogP contribution < -0.4 is 4.72 Å². The molecule has 1 aliphatic heterocycles. The van der Waals surface area contributed by atoms with Gasteiger partial charge in [-0.15, -0.1) is 0 Å². The highest BCUT2D eigenvalue weighted by atomic mass is 32.2. The molecule has 1 heterocycles. The number of hydrogen-bond donors (Lipinski definition) is 2. The Balaban J connectivity index is 2.09. The lowest BCUT2D eigenvalue weighted by Gasteiger charge is -2.31. The van der Waals surface area contributed by atoms with Gasteiger partial charge in [0, 0.05) is 11.1 Å². The molecule has 12 heteroatoms. The van der Waals surface area contributed by atoms with Crippen LogP contribution in [0.25, 0.3) is 11.1 Å². The number of nitrogens with one attached hydrogen (secondary N) is 1. The van der Waals surface area contributed by atoms with E-state index in [-0.39, 0.29) is 11.1 Å². The normalized spacial score (nSPS) is 20.6. The second-order valence-electron chi connectivity index (χ2n) is 8.77. The van der Waals surface area contributed by atoms with Crippen molar-refractivity contribution in [1.29, 1.82) is 0 Å². The third kappa shape index (κ3) is 5.23. The van der Waals surface area contributed by atoms with Crippen LogP contribution in [0.5, 0.6) is 0 Å². The summed E-state index contributed by atoms with van der Waals surface area (Å²) in [6.07, 6.45) is 0.0652. The van der Waals surface area contributed by atoms with Gasteiger partial charge in [0.2, 0.25) is 10.0 Å². The highest BCUT2D eigenvalue weighted by molar-refractivity contribution is 7.88. The van der Waals surface area contributed by atoms with Crippen LogP contribution in [0.2, 0.25) is 0 Å². The molecule has 1 fully saturated rings. The van der Waals surface area contributed by atoms with Crippen LogP contribution in [0, 0.1) is 17.5 Å². The Kier molecular flexibility index (Phi) is 6.81. The molecular formula is C22H23F5N2O4S. The van der Waals surface area contributed by atoms with Gasteiger partial charge in [-0.1, -0.05) is 30.3 Å². The van der Waals surface area contributed by atoms with Gasteiger partial charge in [0.1, 0.15) is 17.5 Å².